The fourth-order valence-electron chi connectivity index (χ4n) is 2.19. The van der Waals surface area contributed by atoms with Gasteiger partial charge in [-0.1, -0.05) is 0 Å². The zero-order valence-corrected chi connectivity index (χ0v) is 10.4. The smallest absolute Gasteiger partial charge is 0.287 e. The molecule has 1 aliphatic rings. The molecule has 1 aromatic carbocycles. The van der Waals surface area contributed by atoms with Gasteiger partial charge in [-0.3, -0.25) is 4.79 Å². The van der Waals surface area contributed by atoms with Crippen molar-refractivity contribution in [1.82, 2.24) is 0 Å². The molecule has 1 aromatic rings. The summed E-state index contributed by atoms with van der Waals surface area (Å²) in [6.45, 7) is 0. The van der Waals surface area contributed by atoms with Crippen LogP contribution < -0.4 is 0 Å². The Morgan fingerprint density at radius 2 is 1.12 bits per heavy atom. The maximum atomic E-state index is 14.2. The predicted molar refractivity (Wildman–Crippen MR) is 49.3 cm³/mol. The quantitative estimate of drug-likeness (QED) is 0.403. The molecule has 0 spiro atoms. The maximum Gasteiger partial charge on any atom is 0.457 e. The van der Waals surface area contributed by atoms with E-state index in [9.17, 15) is 57.5 Å². The first-order valence-corrected chi connectivity index (χ1v) is 5.47. The van der Waals surface area contributed by atoms with Crippen molar-refractivity contribution in [2.45, 2.75) is 23.7 Å². The third kappa shape index (κ3) is 1.72. The van der Waals surface area contributed by atoms with Crippen molar-refractivity contribution < 1.29 is 57.5 Å². The highest BCUT2D eigenvalue weighted by atomic mass is 19.4. The largest absolute Gasteiger partial charge is 0.457 e. The van der Waals surface area contributed by atoms with E-state index in [1.165, 1.54) is 0 Å². The highest BCUT2D eigenvalue weighted by molar-refractivity contribution is 6.08. The Morgan fingerprint density at radius 3 is 1.54 bits per heavy atom. The van der Waals surface area contributed by atoms with Gasteiger partial charge in [0.15, 0.2) is 23.3 Å². The Hall–Kier alpha value is -1.95. The van der Waals surface area contributed by atoms with Crippen LogP contribution in [-0.4, -0.2) is 23.8 Å². The number of hydrogen-bond donors (Lipinski definition) is 0. The molecule has 1 nitrogen and oxygen atoms in total. The summed E-state index contributed by atoms with van der Waals surface area (Å²) in [6, 6.07) is 0. The summed E-state index contributed by atoms with van der Waals surface area (Å²) < 4.78 is 157. The lowest BCUT2D eigenvalue weighted by Crippen LogP contribution is -2.60. The SMILES string of the molecule is O=C1c2c(F)c(F)c(F)c(F)c2C(F)(C(F)(F)C(F)(F)F)C1(F)F. The molecule has 24 heavy (non-hydrogen) atoms. The van der Waals surface area contributed by atoms with Crippen LogP contribution in [0.2, 0.25) is 0 Å². The molecule has 0 bridgehead atoms. The number of rotatable bonds is 1. The van der Waals surface area contributed by atoms with Gasteiger partial charge in [-0.25, -0.2) is 22.0 Å². The molecule has 0 fully saturated rings. The number of alkyl halides is 8. The molecule has 0 aliphatic heterocycles. The van der Waals surface area contributed by atoms with E-state index in [4.69, 9.17) is 0 Å². The van der Waals surface area contributed by atoms with Gasteiger partial charge in [-0.2, -0.15) is 30.7 Å². The van der Waals surface area contributed by atoms with E-state index in [-0.39, 0.29) is 0 Å². The average molecular weight is 376 g/mol. The van der Waals surface area contributed by atoms with Crippen molar-refractivity contribution in [1.29, 1.82) is 0 Å². The van der Waals surface area contributed by atoms with Crippen molar-refractivity contribution in [2.75, 3.05) is 0 Å². The highest BCUT2D eigenvalue weighted by Gasteiger charge is 2.86. The van der Waals surface area contributed by atoms with E-state index in [1.807, 2.05) is 0 Å². The Balaban J connectivity index is 3.06. The number of carbonyl (C=O) groups excluding carboxylic acids is 1. The summed E-state index contributed by atoms with van der Waals surface area (Å²) >= 11 is 0. The Labute approximate surface area is 122 Å². The molecule has 1 aliphatic carbocycles. The van der Waals surface area contributed by atoms with Gasteiger partial charge in [0.2, 0.25) is 5.78 Å². The summed E-state index contributed by atoms with van der Waals surface area (Å²) in [7, 11) is 0. The lowest BCUT2D eigenvalue weighted by molar-refractivity contribution is -0.356. The Morgan fingerprint density at radius 1 is 0.708 bits per heavy atom. The molecule has 1 atom stereocenters. The van der Waals surface area contributed by atoms with Crippen molar-refractivity contribution in [2.24, 2.45) is 0 Å². The van der Waals surface area contributed by atoms with Crippen LogP contribution in [0.15, 0.2) is 0 Å². The fourth-order valence-corrected chi connectivity index (χ4v) is 2.19. The minimum atomic E-state index is -7.15. The number of Topliss-reactive ketones (excluding diaryl/α,β-unsaturated/α-hetero) is 1. The molecule has 0 saturated carbocycles. The number of ketones is 1. The van der Waals surface area contributed by atoms with Gasteiger partial charge in [0.1, 0.15) is 0 Å². The second-order valence-corrected chi connectivity index (χ2v) is 4.64. The second-order valence-electron chi connectivity index (χ2n) is 4.64. The summed E-state index contributed by atoms with van der Waals surface area (Å²) in [5.41, 5.74) is -12.5. The van der Waals surface area contributed by atoms with Crippen LogP contribution in [-0.2, 0) is 5.67 Å². The van der Waals surface area contributed by atoms with Gasteiger partial charge in [-0.05, 0) is 0 Å². The molecule has 2 rings (SSSR count). The number of halogens is 12. The molecule has 1 unspecified atom stereocenters. The molecule has 0 amide bonds. The monoisotopic (exact) mass is 376 g/mol. The normalized spacial score (nSPS) is 23.6. The van der Waals surface area contributed by atoms with Crippen LogP contribution in [0.1, 0.15) is 15.9 Å². The molecule has 0 N–H and O–H groups in total. The van der Waals surface area contributed by atoms with E-state index in [0.29, 0.717) is 0 Å². The first kappa shape index (κ1) is 18.4. The maximum absolute atomic E-state index is 14.2. The number of benzene rings is 1. The van der Waals surface area contributed by atoms with Gasteiger partial charge in [0, 0.05) is 0 Å². The summed E-state index contributed by atoms with van der Waals surface area (Å²) in [5.74, 6) is -29.3. The van der Waals surface area contributed by atoms with Crippen LogP contribution >= 0.6 is 0 Å². The molecule has 0 radical (unpaired) electrons. The molecule has 0 aromatic heterocycles. The van der Waals surface area contributed by atoms with E-state index in [2.05, 4.69) is 0 Å². The number of fused-ring (bicyclic) bond motifs is 1. The summed E-state index contributed by atoms with van der Waals surface area (Å²) in [5, 5.41) is 0. The summed E-state index contributed by atoms with van der Waals surface area (Å²) in [6.07, 6.45) is -7.11. The molecule has 134 valence electrons. The topological polar surface area (TPSA) is 17.1 Å². The van der Waals surface area contributed by atoms with Crippen molar-refractivity contribution >= 4 is 5.78 Å². The minimum Gasteiger partial charge on any atom is -0.287 e. The first-order chi connectivity index (χ1) is 10.5. The lowest BCUT2D eigenvalue weighted by atomic mass is 9.87. The number of carbonyl (C=O) groups is 1. The molecule has 0 saturated heterocycles. The van der Waals surface area contributed by atoms with E-state index in [0.717, 1.165) is 0 Å². The molecular formula is C11F12O. The van der Waals surface area contributed by atoms with Gasteiger partial charge < -0.3 is 0 Å². The van der Waals surface area contributed by atoms with Crippen molar-refractivity contribution in [3.05, 3.63) is 34.4 Å². The van der Waals surface area contributed by atoms with Crippen LogP contribution in [0.25, 0.3) is 0 Å². The summed E-state index contributed by atoms with van der Waals surface area (Å²) in [4.78, 5) is 11.2. The third-order valence-electron chi connectivity index (χ3n) is 3.35. The third-order valence-corrected chi connectivity index (χ3v) is 3.35. The second kappa shape index (κ2) is 4.57. The zero-order chi connectivity index (χ0) is 19.0. The van der Waals surface area contributed by atoms with Crippen molar-refractivity contribution in [3.63, 3.8) is 0 Å². The lowest BCUT2D eigenvalue weighted by Gasteiger charge is -2.35. The van der Waals surface area contributed by atoms with Crippen LogP contribution in [0.3, 0.4) is 0 Å². The van der Waals surface area contributed by atoms with Crippen LogP contribution in [0.4, 0.5) is 52.7 Å². The van der Waals surface area contributed by atoms with Crippen LogP contribution in [0.5, 0.6) is 0 Å². The average Bonchev–Trinajstić information content (AvgIpc) is 2.60. The minimum absolute atomic E-state index is 2.76. The van der Waals surface area contributed by atoms with Crippen LogP contribution in [0, 0.1) is 23.3 Å². The molecular weight excluding hydrogens is 376 g/mol. The Kier molecular flexibility index (Phi) is 3.50. The number of hydrogen-bond acceptors (Lipinski definition) is 1. The zero-order valence-electron chi connectivity index (χ0n) is 10.4. The van der Waals surface area contributed by atoms with Gasteiger partial charge in [0.05, 0.1) is 11.1 Å². The predicted octanol–water partition coefficient (Wildman–Crippen LogP) is 4.44. The van der Waals surface area contributed by atoms with Gasteiger partial charge >= 0.3 is 18.0 Å². The van der Waals surface area contributed by atoms with E-state index < -0.39 is 63.9 Å². The van der Waals surface area contributed by atoms with Crippen molar-refractivity contribution in [3.8, 4) is 0 Å². The Bertz CT molecular complexity index is 749. The highest BCUT2D eigenvalue weighted by Crippen LogP contribution is 2.63. The molecule has 0 heterocycles. The fraction of sp³-hybridized carbons (Fsp3) is 0.364. The molecule has 13 heteroatoms. The van der Waals surface area contributed by atoms with Gasteiger partial charge in [-0.15, -0.1) is 0 Å². The standard InChI is InChI=1S/C11F12O/c12-3-1-2(4(13)6(15)5(3)14)8(16,9(17,18)7(1)24)10(19,20)11(21,22)23. The first-order valence-electron chi connectivity index (χ1n) is 5.47. The van der Waals surface area contributed by atoms with Gasteiger partial charge in [0.25, 0.3) is 5.67 Å². The van der Waals surface area contributed by atoms with E-state index >= 15 is 0 Å². The van der Waals surface area contributed by atoms with E-state index in [1.54, 1.807) is 0 Å².